The molecule has 4 rings (SSSR count). The highest BCUT2D eigenvalue weighted by atomic mass is 32.1. The van der Waals surface area contributed by atoms with Crippen LogP contribution in [-0.2, 0) is 22.4 Å². The van der Waals surface area contributed by atoms with Crippen LogP contribution in [0.2, 0.25) is 0 Å². The first-order chi connectivity index (χ1) is 15.7. The number of nitrogens with zero attached hydrogens (tertiary/aromatic N) is 1. The van der Waals surface area contributed by atoms with Crippen LogP contribution in [-0.4, -0.2) is 49.6 Å². The molecule has 1 atom stereocenters. The van der Waals surface area contributed by atoms with E-state index in [0.29, 0.717) is 36.2 Å². The summed E-state index contributed by atoms with van der Waals surface area (Å²) in [6.45, 7) is 12.0. The quantitative estimate of drug-likeness (QED) is 0.664. The van der Waals surface area contributed by atoms with Crippen molar-refractivity contribution < 1.29 is 14.3 Å². The molecule has 0 saturated carbocycles. The van der Waals surface area contributed by atoms with E-state index in [-0.39, 0.29) is 17.2 Å². The lowest BCUT2D eigenvalue weighted by Gasteiger charge is -2.33. The second kappa shape index (κ2) is 9.95. The van der Waals surface area contributed by atoms with Gasteiger partial charge >= 0.3 is 0 Å². The molecule has 0 bridgehead atoms. The predicted molar refractivity (Wildman–Crippen MR) is 134 cm³/mol. The van der Waals surface area contributed by atoms with Gasteiger partial charge in [-0.15, -0.1) is 11.3 Å². The first-order valence-corrected chi connectivity index (χ1v) is 12.6. The van der Waals surface area contributed by atoms with Crippen molar-refractivity contribution in [3.63, 3.8) is 0 Å². The minimum absolute atomic E-state index is 0.0766. The van der Waals surface area contributed by atoms with Gasteiger partial charge in [0.05, 0.1) is 25.3 Å². The van der Waals surface area contributed by atoms with Crippen LogP contribution < -0.4 is 10.6 Å². The molecule has 2 heterocycles. The summed E-state index contributed by atoms with van der Waals surface area (Å²) in [5.41, 5.74) is 3.86. The van der Waals surface area contributed by atoms with Crippen molar-refractivity contribution in [3.05, 3.63) is 45.8 Å². The third-order valence-corrected chi connectivity index (χ3v) is 7.92. The Bertz CT molecular complexity index is 1000. The fourth-order valence-electron chi connectivity index (χ4n) is 4.61. The Hall–Kier alpha value is -2.22. The molecular formula is C26H35N3O3S. The van der Waals surface area contributed by atoms with Crippen molar-refractivity contribution >= 4 is 33.8 Å². The smallest absolute Gasteiger partial charge is 0.258 e. The van der Waals surface area contributed by atoms with E-state index in [1.54, 1.807) is 11.3 Å². The van der Waals surface area contributed by atoms with Crippen LogP contribution in [0.1, 0.15) is 53.6 Å². The first-order valence-electron chi connectivity index (χ1n) is 11.8. The summed E-state index contributed by atoms with van der Waals surface area (Å²) in [6, 6.07) is 7.80. The molecule has 2 aromatic rings. The molecule has 0 spiro atoms. The van der Waals surface area contributed by atoms with E-state index in [1.807, 2.05) is 31.2 Å². The van der Waals surface area contributed by atoms with Crippen LogP contribution in [0.5, 0.6) is 0 Å². The summed E-state index contributed by atoms with van der Waals surface area (Å²) in [5.74, 6) is 0.341. The monoisotopic (exact) mass is 469 g/mol. The number of rotatable bonds is 5. The number of ether oxygens (including phenoxy) is 1. The Labute approximate surface area is 200 Å². The highest BCUT2D eigenvalue weighted by Crippen LogP contribution is 2.44. The molecule has 1 aromatic carbocycles. The van der Waals surface area contributed by atoms with Crippen LogP contribution in [0.3, 0.4) is 0 Å². The summed E-state index contributed by atoms with van der Waals surface area (Å²) in [4.78, 5) is 29.6. The molecule has 2 N–H and O–H groups in total. The minimum Gasteiger partial charge on any atom is -0.379 e. The number of nitrogens with one attached hydrogen (secondary N) is 2. The van der Waals surface area contributed by atoms with Gasteiger partial charge in [0.1, 0.15) is 5.00 Å². The van der Waals surface area contributed by atoms with Crippen LogP contribution in [0, 0.1) is 18.3 Å². The third kappa shape index (κ3) is 5.83. The van der Waals surface area contributed by atoms with Crippen LogP contribution in [0.15, 0.2) is 24.3 Å². The Morgan fingerprint density at radius 2 is 1.82 bits per heavy atom. The third-order valence-electron chi connectivity index (χ3n) is 6.75. The van der Waals surface area contributed by atoms with Gasteiger partial charge in [0, 0.05) is 23.7 Å². The Kier molecular flexibility index (Phi) is 7.22. The number of anilines is 2. The second-order valence-electron chi connectivity index (χ2n) is 10.3. The van der Waals surface area contributed by atoms with Gasteiger partial charge in [-0.3, -0.25) is 14.5 Å². The van der Waals surface area contributed by atoms with Gasteiger partial charge in [0.25, 0.3) is 5.91 Å². The van der Waals surface area contributed by atoms with Crippen molar-refractivity contribution in [1.82, 2.24) is 4.90 Å². The van der Waals surface area contributed by atoms with Gasteiger partial charge in [-0.25, -0.2) is 0 Å². The fraction of sp³-hybridized carbons (Fsp3) is 0.538. The Morgan fingerprint density at radius 1 is 1.12 bits per heavy atom. The van der Waals surface area contributed by atoms with E-state index < -0.39 is 0 Å². The number of fused-ring (bicyclic) bond motifs is 1. The molecule has 2 amide bonds. The second-order valence-corrected chi connectivity index (χ2v) is 11.4. The van der Waals surface area contributed by atoms with Gasteiger partial charge in [-0.1, -0.05) is 38.5 Å². The van der Waals surface area contributed by atoms with Gasteiger partial charge in [-0.2, -0.15) is 0 Å². The first kappa shape index (κ1) is 23.9. The topological polar surface area (TPSA) is 70.7 Å². The normalized spacial score (nSPS) is 19.1. The van der Waals surface area contributed by atoms with Crippen molar-refractivity contribution in [2.75, 3.05) is 43.5 Å². The van der Waals surface area contributed by atoms with Crippen molar-refractivity contribution in [3.8, 4) is 0 Å². The van der Waals surface area contributed by atoms with E-state index in [9.17, 15) is 9.59 Å². The number of hydrogen-bond donors (Lipinski definition) is 2. The molecule has 178 valence electrons. The molecule has 2 aliphatic rings. The number of benzene rings is 1. The molecular weight excluding hydrogens is 434 g/mol. The number of morpholine rings is 1. The lowest BCUT2D eigenvalue weighted by molar-refractivity contribution is -0.118. The van der Waals surface area contributed by atoms with Crippen molar-refractivity contribution in [2.45, 2.75) is 47.0 Å². The lowest BCUT2D eigenvalue weighted by atomic mass is 9.72. The lowest BCUT2D eigenvalue weighted by Crippen LogP contribution is -2.41. The molecule has 1 fully saturated rings. The summed E-state index contributed by atoms with van der Waals surface area (Å²) < 4.78 is 5.38. The molecule has 1 aliphatic heterocycles. The molecule has 0 radical (unpaired) electrons. The van der Waals surface area contributed by atoms with E-state index in [2.05, 4.69) is 36.3 Å². The minimum atomic E-state index is -0.146. The van der Waals surface area contributed by atoms with E-state index >= 15 is 0 Å². The largest absolute Gasteiger partial charge is 0.379 e. The van der Waals surface area contributed by atoms with E-state index in [4.69, 9.17) is 4.74 Å². The summed E-state index contributed by atoms with van der Waals surface area (Å²) >= 11 is 1.58. The molecule has 0 unspecified atom stereocenters. The van der Waals surface area contributed by atoms with Crippen LogP contribution >= 0.6 is 11.3 Å². The maximum atomic E-state index is 13.4. The summed E-state index contributed by atoms with van der Waals surface area (Å²) in [6.07, 6.45) is 2.87. The van der Waals surface area contributed by atoms with Crippen molar-refractivity contribution in [2.24, 2.45) is 11.3 Å². The highest BCUT2D eigenvalue weighted by molar-refractivity contribution is 7.17. The number of carbonyl (C=O) groups is 2. The van der Waals surface area contributed by atoms with Crippen LogP contribution in [0.4, 0.5) is 10.7 Å². The average molecular weight is 470 g/mol. The number of thiophene rings is 1. The molecule has 33 heavy (non-hydrogen) atoms. The Balaban J connectivity index is 1.58. The van der Waals surface area contributed by atoms with Crippen LogP contribution in [0.25, 0.3) is 0 Å². The zero-order chi connectivity index (χ0) is 23.6. The fourth-order valence-corrected chi connectivity index (χ4v) is 5.95. The average Bonchev–Trinajstić information content (AvgIpc) is 3.12. The standard InChI is InChI=1S/C26H35N3O3S/c1-17-5-8-19(9-6-17)27-24(31)23-20-10-7-18(26(2,3)4)15-21(20)33-25(23)28-22(30)16-29-11-13-32-14-12-29/h5-6,8-9,18H,7,10-16H2,1-4H3,(H,27,31)(H,28,30)/t18-/m0/s1. The van der Waals surface area contributed by atoms with Gasteiger partial charge in [0.15, 0.2) is 0 Å². The molecule has 1 aromatic heterocycles. The SMILES string of the molecule is Cc1ccc(NC(=O)c2c(NC(=O)CN3CCOCC3)sc3c2CC[C@H](C(C)(C)C)C3)cc1. The molecule has 1 saturated heterocycles. The zero-order valence-electron chi connectivity index (χ0n) is 20.1. The predicted octanol–water partition coefficient (Wildman–Crippen LogP) is 4.73. The zero-order valence-corrected chi connectivity index (χ0v) is 20.9. The van der Waals surface area contributed by atoms with Gasteiger partial charge < -0.3 is 15.4 Å². The van der Waals surface area contributed by atoms with E-state index in [1.165, 1.54) is 4.88 Å². The van der Waals surface area contributed by atoms with Gasteiger partial charge in [-0.05, 0) is 55.2 Å². The molecule has 7 heteroatoms. The van der Waals surface area contributed by atoms with Gasteiger partial charge in [0.2, 0.25) is 5.91 Å². The summed E-state index contributed by atoms with van der Waals surface area (Å²) in [5, 5.41) is 6.81. The van der Waals surface area contributed by atoms with Crippen molar-refractivity contribution in [1.29, 1.82) is 0 Å². The number of carbonyl (C=O) groups excluding carboxylic acids is 2. The number of aryl methyl sites for hydroxylation is 1. The molecule has 1 aliphatic carbocycles. The molecule has 6 nitrogen and oxygen atoms in total. The highest BCUT2D eigenvalue weighted by Gasteiger charge is 2.34. The Morgan fingerprint density at radius 3 is 2.48 bits per heavy atom. The maximum absolute atomic E-state index is 13.4. The summed E-state index contributed by atoms with van der Waals surface area (Å²) in [7, 11) is 0. The van der Waals surface area contributed by atoms with E-state index in [0.717, 1.165) is 49.2 Å². The number of amides is 2. The number of hydrogen-bond acceptors (Lipinski definition) is 5. The maximum Gasteiger partial charge on any atom is 0.258 e.